The smallest absolute Gasteiger partial charge is 0.288 e. The Morgan fingerprint density at radius 1 is 1.30 bits per heavy atom. The molecule has 1 N–H and O–H groups in total. The summed E-state index contributed by atoms with van der Waals surface area (Å²) < 4.78 is 5.26. The molecule has 0 heterocycles. The summed E-state index contributed by atoms with van der Waals surface area (Å²) in [6.45, 7) is 1.81. The van der Waals surface area contributed by atoms with E-state index in [1.807, 2.05) is 18.2 Å². The van der Waals surface area contributed by atoms with Crippen LogP contribution < -0.4 is 10.1 Å². The zero-order valence-electron chi connectivity index (χ0n) is 12.6. The molecule has 2 rings (SSSR count). The van der Waals surface area contributed by atoms with Crippen molar-refractivity contribution < 1.29 is 14.5 Å². The Bertz CT molecular complexity index is 749. The number of nitrogens with one attached hydrogen (secondary N) is 1. The second kappa shape index (κ2) is 7.11. The summed E-state index contributed by atoms with van der Waals surface area (Å²) in [5.41, 5.74) is 0.680. The Labute approximate surface area is 138 Å². The molecular weight excluding hydrogens is 320 g/mol. The fraction of sp³-hybridized carbons (Fsp3) is 0.188. The van der Waals surface area contributed by atoms with Crippen molar-refractivity contribution in [2.24, 2.45) is 0 Å². The second-order valence-corrected chi connectivity index (χ2v) is 5.27. The monoisotopic (exact) mass is 334 g/mol. The molecule has 0 radical (unpaired) electrons. The third-order valence-corrected chi connectivity index (χ3v) is 3.68. The van der Waals surface area contributed by atoms with Crippen molar-refractivity contribution >= 4 is 23.2 Å². The third kappa shape index (κ3) is 3.78. The van der Waals surface area contributed by atoms with Gasteiger partial charge in [0, 0.05) is 17.2 Å². The summed E-state index contributed by atoms with van der Waals surface area (Å²) in [7, 11) is 1.55. The predicted octanol–water partition coefficient (Wildman–Crippen LogP) is 3.75. The number of carbonyl (C=O) groups is 1. The van der Waals surface area contributed by atoms with Crippen LogP contribution in [0, 0.1) is 10.1 Å². The summed E-state index contributed by atoms with van der Waals surface area (Å²) in [5, 5.41) is 13.7. The molecule has 7 heteroatoms. The number of nitro benzene ring substituents is 1. The van der Waals surface area contributed by atoms with Gasteiger partial charge in [0.25, 0.3) is 11.6 Å². The van der Waals surface area contributed by atoms with Crippen molar-refractivity contribution in [1.29, 1.82) is 0 Å². The van der Waals surface area contributed by atoms with Crippen LogP contribution >= 0.6 is 11.6 Å². The Balaban J connectivity index is 2.22. The standard InChI is InChI=1S/C16H15ClN2O4/c1-10(12-5-3-4-6-15(12)23-2)18-16(20)11-7-8-13(17)14(9-11)19(21)22/h3-10H,1-2H3,(H,18,20)/t10-/m0/s1. The Kier molecular flexibility index (Phi) is 5.18. The van der Waals surface area contributed by atoms with Crippen molar-refractivity contribution in [2.45, 2.75) is 13.0 Å². The lowest BCUT2D eigenvalue weighted by Crippen LogP contribution is -2.27. The number of ether oxygens (including phenoxy) is 1. The number of para-hydroxylation sites is 1. The minimum absolute atomic E-state index is 0.00988. The lowest BCUT2D eigenvalue weighted by Gasteiger charge is -2.17. The van der Waals surface area contributed by atoms with E-state index in [9.17, 15) is 14.9 Å². The van der Waals surface area contributed by atoms with Gasteiger partial charge in [-0.05, 0) is 25.1 Å². The number of hydrogen-bond donors (Lipinski definition) is 1. The molecule has 0 saturated carbocycles. The van der Waals surface area contributed by atoms with Crippen molar-refractivity contribution in [3.8, 4) is 5.75 Å². The van der Waals surface area contributed by atoms with E-state index < -0.39 is 10.8 Å². The number of nitro groups is 1. The van der Waals surface area contributed by atoms with Gasteiger partial charge in [0.15, 0.2) is 0 Å². The van der Waals surface area contributed by atoms with Crippen molar-refractivity contribution in [3.05, 3.63) is 68.7 Å². The molecule has 2 aromatic carbocycles. The van der Waals surface area contributed by atoms with Gasteiger partial charge in [-0.25, -0.2) is 0 Å². The van der Waals surface area contributed by atoms with E-state index >= 15 is 0 Å². The SMILES string of the molecule is COc1ccccc1[C@H](C)NC(=O)c1ccc(Cl)c([N+](=O)[O-])c1. The lowest BCUT2D eigenvalue weighted by atomic mass is 10.1. The zero-order valence-corrected chi connectivity index (χ0v) is 13.3. The number of benzene rings is 2. The summed E-state index contributed by atoms with van der Waals surface area (Å²) in [6.07, 6.45) is 0. The van der Waals surface area contributed by atoms with Gasteiger partial charge in [-0.1, -0.05) is 29.8 Å². The fourth-order valence-corrected chi connectivity index (χ4v) is 2.36. The van der Waals surface area contributed by atoms with Gasteiger partial charge < -0.3 is 10.1 Å². The zero-order chi connectivity index (χ0) is 17.0. The van der Waals surface area contributed by atoms with E-state index in [-0.39, 0.29) is 22.3 Å². The van der Waals surface area contributed by atoms with Crippen LogP contribution in [0.2, 0.25) is 5.02 Å². The van der Waals surface area contributed by atoms with Gasteiger partial charge >= 0.3 is 0 Å². The highest BCUT2D eigenvalue weighted by molar-refractivity contribution is 6.32. The van der Waals surface area contributed by atoms with Crippen molar-refractivity contribution in [3.63, 3.8) is 0 Å². The van der Waals surface area contributed by atoms with E-state index in [0.717, 1.165) is 11.6 Å². The second-order valence-electron chi connectivity index (χ2n) is 4.86. The highest BCUT2D eigenvalue weighted by Gasteiger charge is 2.19. The van der Waals surface area contributed by atoms with Crippen LogP contribution in [-0.4, -0.2) is 17.9 Å². The molecule has 2 aromatic rings. The number of methoxy groups -OCH3 is 1. The van der Waals surface area contributed by atoms with Gasteiger partial charge in [0.2, 0.25) is 0 Å². The summed E-state index contributed by atoms with van der Waals surface area (Å²) in [4.78, 5) is 22.6. The quantitative estimate of drug-likeness (QED) is 0.667. The van der Waals surface area contributed by atoms with E-state index in [1.165, 1.54) is 12.1 Å². The molecule has 0 spiro atoms. The van der Waals surface area contributed by atoms with Gasteiger partial charge in [-0.3, -0.25) is 14.9 Å². The Morgan fingerprint density at radius 2 is 2.00 bits per heavy atom. The van der Waals surface area contributed by atoms with Crippen molar-refractivity contribution in [2.75, 3.05) is 7.11 Å². The largest absolute Gasteiger partial charge is 0.496 e. The first-order valence-electron chi connectivity index (χ1n) is 6.81. The molecule has 1 atom stereocenters. The number of hydrogen-bond acceptors (Lipinski definition) is 4. The lowest BCUT2D eigenvalue weighted by molar-refractivity contribution is -0.384. The van der Waals surface area contributed by atoms with Crippen LogP contribution in [0.3, 0.4) is 0 Å². The average molecular weight is 335 g/mol. The van der Waals surface area contributed by atoms with Crippen LogP contribution in [0.1, 0.15) is 28.9 Å². The number of rotatable bonds is 5. The molecular formula is C16H15ClN2O4. The van der Waals surface area contributed by atoms with Gasteiger partial charge in [-0.2, -0.15) is 0 Å². The molecule has 6 nitrogen and oxygen atoms in total. The molecule has 1 amide bonds. The van der Waals surface area contributed by atoms with Gasteiger partial charge in [-0.15, -0.1) is 0 Å². The minimum atomic E-state index is -0.622. The third-order valence-electron chi connectivity index (χ3n) is 3.36. The van der Waals surface area contributed by atoms with Crippen LogP contribution in [0.25, 0.3) is 0 Å². The molecule has 0 aromatic heterocycles. The average Bonchev–Trinajstić information content (AvgIpc) is 2.54. The first-order chi connectivity index (χ1) is 10.9. The highest BCUT2D eigenvalue weighted by Crippen LogP contribution is 2.27. The molecule has 0 saturated heterocycles. The van der Waals surface area contributed by atoms with E-state index in [4.69, 9.17) is 16.3 Å². The van der Waals surface area contributed by atoms with Crippen LogP contribution in [-0.2, 0) is 0 Å². The molecule has 0 fully saturated rings. The van der Waals surface area contributed by atoms with Crippen molar-refractivity contribution in [1.82, 2.24) is 5.32 Å². The maximum Gasteiger partial charge on any atom is 0.288 e. The topological polar surface area (TPSA) is 81.5 Å². The van der Waals surface area contributed by atoms with Crippen LogP contribution in [0.5, 0.6) is 5.75 Å². The van der Waals surface area contributed by atoms with Crippen LogP contribution in [0.4, 0.5) is 5.69 Å². The maximum absolute atomic E-state index is 12.3. The van der Waals surface area contributed by atoms with Crippen LogP contribution in [0.15, 0.2) is 42.5 Å². The number of carbonyl (C=O) groups excluding carboxylic acids is 1. The number of amides is 1. The fourth-order valence-electron chi connectivity index (χ4n) is 2.18. The Hall–Kier alpha value is -2.60. The highest BCUT2D eigenvalue weighted by atomic mass is 35.5. The maximum atomic E-state index is 12.3. The molecule has 0 aliphatic heterocycles. The number of nitrogens with zero attached hydrogens (tertiary/aromatic N) is 1. The first-order valence-corrected chi connectivity index (χ1v) is 7.19. The normalized spacial score (nSPS) is 11.6. The molecule has 0 unspecified atom stereocenters. The molecule has 0 bridgehead atoms. The van der Waals surface area contributed by atoms with Gasteiger partial charge in [0.1, 0.15) is 10.8 Å². The van der Waals surface area contributed by atoms with E-state index in [2.05, 4.69) is 5.32 Å². The predicted molar refractivity (Wildman–Crippen MR) is 87.0 cm³/mol. The first kappa shape index (κ1) is 16.8. The van der Waals surface area contributed by atoms with E-state index in [1.54, 1.807) is 20.1 Å². The molecule has 0 aliphatic rings. The Morgan fingerprint density at radius 3 is 2.65 bits per heavy atom. The molecule has 120 valence electrons. The summed E-state index contributed by atoms with van der Waals surface area (Å²) in [5.74, 6) is 0.227. The van der Waals surface area contributed by atoms with E-state index in [0.29, 0.717) is 5.75 Å². The minimum Gasteiger partial charge on any atom is -0.496 e. The van der Waals surface area contributed by atoms with Gasteiger partial charge in [0.05, 0.1) is 18.1 Å². The number of halogens is 1. The molecule has 23 heavy (non-hydrogen) atoms. The summed E-state index contributed by atoms with van der Waals surface area (Å²) in [6, 6.07) is 10.9. The molecule has 0 aliphatic carbocycles. The summed E-state index contributed by atoms with van der Waals surface area (Å²) >= 11 is 5.75.